The van der Waals surface area contributed by atoms with E-state index in [1.807, 2.05) is 42.5 Å². The van der Waals surface area contributed by atoms with Crippen LogP contribution >= 0.6 is 11.8 Å². The van der Waals surface area contributed by atoms with Crippen molar-refractivity contribution in [2.45, 2.75) is 4.90 Å². The lowest BCUT2D eigenvalue weighted by Gasteiger charge is -2.01. The zero-order valence-corrected chi connectivity index (χ0v) is 10.7. The maximum Gasteiger partial charge on any atom is 0.138 e. The van der Waals surface area contributed by atoms with E-state index in [1.54, 1.807) is 12.1 Å². The molecule has 0 fully saturated rings. The summed E-state index contributed by atoms with van der Waals surface area (Å²) in [6.07, 6.45) is 4.05. The highest BCUT2D eigenvalue weighted by molar-refractivity contribution is 7.99. The Hall–Kier alpha value is -1.74. The Balaban J connectivity index is 1.91. The Labute approximate surface area is 111 Å². The molecule has 1 nitrogen and oxygen atoms in total. The van der Waals surface area contributed by atoms with Gasteiger partial charge >= 0.3 is 0 Å². The number of benzene rings is 2. The van der Waals surface area contributed by atoms with Gasteiger partial charge < -0.3 is 5.73 Å². The number of rotatable bonds is 4. The van der Waals surface area contributed by atoms with Crippen molar-refractivity contribution in [2.24, 2.45) is 0 Å². The molecule has 0 radical (unpaired) electrons. The molecule has 0 unspecified atom stereocenters. The molecule has 0 amide bonds. The van der Waals surface area contributed by atoms with Gasteiger partial charge in [-0.3, -0.25) is 0 Å². The lowest BCUT2D eigenvalue weighted by atomic mass is 10.2. The zero-order valence-electron chi connectivity index (χ0n) is 9.84. The van der Waals surface area contributed by atoms with E-state index >= 15 is 0 Å². The Kier molecular flexibility index (Phi) is 4.42. The van der Waals surface area contributed by atoms with Gasteiger partial charge in [-0.05, 0) is 23.8 Å². The van der Waals surface area contributed by atoms with Crippen molar-refractivity contribution in [1.82, 2.24) is 0 Å². The SMILES string of the molecule is Nc1ccc(SC/C=C/c2ccccc2)c(F)c1. The molecule has 0 heterocycles. The fraction of sp³-hybridized carbons (Fsp3) is 0.0667. The van der Waals surface area contributed by atoms with Gasteiger partial charge in [-0.2, -0.15) is 0 Å². The molecule has 2 aromatic rings. The second-order valence-electron chi connectivity index (χ2n) is 3.81. The topological polar surface area (TPSA) is 26.0 Å². The molecule has 0 saturated carbocycles. The Morgan fingerprint density at radius 2 is 1.89 bits per heavy atom. The summed E-state index contributed by atoms with van der Waals surface area (Å²) in [6, 6.07) is 14.8. The number of hydrogen-bond acceptors (Lipinski definition) is 2. The molecule has 0 bridgehead atoms. The lowest BCUT2D eigenvalue weighted by Crippen LogP contribution is -1.88. The fourth-order valence-corrected chi connectivity index (χ4v) is 2.25. The second kappa shape index (κ2) is 6.26. The van der Waals surface area contributed by atoms with Crippen LogP contribution in [0, 0.1) is 5.82 Å². The minimum Gasteiger partial charge on any atom is -0.399 e. The van der Waals surface area contributed by atoms with Gasteiger partial charge in [0.15, 0.2) is 0 Å². The van der Waals surface area contributed by atoms with Gasteiger partial charge in [0.05, 0.1) is 0 Å². The first kappa shape index (κ1) is 12.7. The van der Waals surface area contributed by atoms with Gasteiger partial charge in [0.1, 0.15) is 5.82 Å². The van der Waals surface area contributed by atoms with Crippen LogP contribution in [0.5, 0.6) is 0 Å². The summed E-state index contributed by atoms with van der Waals surface area (Å²) >= 11 is 1.46. The van der Waals surface area contributed by atoms with Crippen molar-refractivity contribution >= 4 is 23.5 Å². The van der Waals surface area contributed by atoms with E-state index in [0.717, 1.165) is 11.3 Å². The van der Waals surface area contributed by atoms with Crippen LogP contribution in [0.25, 0.3) is 6.08 Å². The summed E-state index contributed by atoms with van der Waals surface area (Å²) in [5.74, 6) is 0.475. The standard InChI is InChI=1S/C15H14FNS/c16-14-11-13(17)8-9-15(14)18-10-4-7-12-5-2-1-3-6-12/h1-9,11H,10,17H2/b7-4+. The van der Waals surface area contributed by atoms with Gasteiger partial charge in [0.2, 0.25) is 0 Å². The molecule has 0 spiro atoms. The van der Waals surface area contributed by atoms with E-state index in [-0.39, 0.29) is 5.82 Å². The molecule has 2 aromatic carbocycles. The van der Waals surface area contributed by atoms with Gasteiger partial charge in [0.25, 0.3) is 0 Å². The van der Waals surface area contributed by atoms with Crippen molar-refractivity contribution in [3.63, 3.8) is 0 Å². The predicted molar refractivity (Wildman–Crippen MR) is 77.0 cm³/mol. The Morgan fingerprint density at radius 3 is 2.61 bits per heavy atom. The minimum absolute atomic E-state index is 0.256. The first-order valence-electron chi connectivity index (χ1n) is 5.65. The molecule has 0 aromatic heterocycles. The fourth-order valence-electron chi connectivity index (χ4n) is 1.52. The zero-order chi connectivity index (χ0) is 12.8. The third kappa shape index (κ3) is 3.64. The highest BCUT2D eigenvalue weighted by Crippen LogP contribution is 2.23. The lowest BCUT2D eigenvalue weighted by molar-refractivity contribution is 0.603. The average molecular weight is 259 g/mol. The van der Waals surface area contributed by atoms with Crippen molar-refractivity contribution in [2.75, 3.05) is 11.5 Å². The maximum atomic E-state index is 13.5. The van der Waals surface area contributed by atoms with E-state index in [1.165, 1.54) is 17.8 Å². The molecular formula is C15H14FNS. The van der Waals surface area contributed by atoms with E-state index in [0.29, 0.717) is 10.6 Å². The Morgan fingerprint density at radius 1 is 1.11 bits per heavy atom. The molecule has 18 heavy (non-hydrogen) atoms. The predicted octanol–water partition coefficient (Wildman–Crippen LogP) is 4.21. The summed E-state index contributed by atoms with van der Waals surface area (Å²) in [5, 5.41) is 0. The third-order valence-electron chi connectivity index (χ3n) is 2.40. The molecule has 0 saturated heterocycles. The van der Waals surface area contributed by atoms with Crippen molar-refractivity contribution < 1.29 is 4.39 Å². The van der Waals surface area contributed by atoms with Crippen LogP contribution < -0.4 is 5.73 Å². The second-order valence-corrected chi connectivity index (χ2v) is 4.88. The number of nitrogen functional groups attached to an aromatic ring is 1. The molecule has 0 aliphatic heterocycles. The number of halogens is 1. The average Bonchev–Trinajstić information content (AvgIpc) is 2.38. The Bertz CT molecular complexity index is 537. The number of nitrogens with two attached hydrogens (primary N) is 1. The number of anilines is 1. The van der Waals surface area contributed by atoms with Crippen molar-refractivity contribution in [3.8, 4) is 0 Å². The molecule has 92 valence electrons. The summed E-state index contributed by atoms with van der Waals surface area (Å²) < 4.78 is 13.5. The molecular weight excluding hydrogens is 245 g/mol. The van der Waals surface area contributed by atoms with Crippen LogP contribution in [0.15, 0.2) is 59.5 Å². The minimum atomic E-state index is -0.256. The highest BCUT2D eigenvalue weighted by atomic mass is 32.2. The van der Waals surface area contributed by atoms with Crippen LogP contribution in [0.1, 0.15) is 5.56 Å². The first-order chi connectivity index (χ1) is 8.75. The molecule has 0 atom stereocenters. The monoisotopic (exact) mass is 259 g/mol. The first-order valence-corrected chi connectivity index (χ1v) is 6.64. The van der Waals surface area contributed by atoms with Crippen LogP contribution in [-0.4, -0.2) is 5.75 Å². The summed E-state index contributed by atoms with van der Waals surface area (Å²) in [5.41, 5.74) is 7.10. The molecule has 0 aliphatic rings. The molecule has 0 aliphatic carbocycles. The van der Waals surface area contributed by atoms with Gasteiger partial charge in [-0.1, -0.05) is 42.5 Å². The molecule has 2 rings (SSSR count). The van der Waals surface area contributed by atoms with Crippen molar-refractivity contribution in [3.05, 3.63) is 66.0 Å². The smallest absolute Gasteiger partial charge is 0.138 e. The highest BCUT2D eigenvalue weighted by Gasteiger charge is 2.01. The van der Waals surface area contributed by atoms with Gasteiger partial charge in [0, 0.05) is 16.3 Å². The van der Waals surface area contributed by atoms with Gasteiger partial charge in [-0.15, -0.1) is 11.8 Å². The van der Waals surface area contributed by atoms with Crippen molar-refractivity contribution in [1.29, 1.82) is 0 Å². The van der Waals surface area contributed by atoms with Crippen LogP contribution in [0.3, 0.4) is 0 Å². The summed E-state index contributed by atoms with van der Waals surface area (Å²) in [4.78, 5) is 0.627. The van der Waals surface area contributed by atoms with Crippen LogP contribution in [0.2, 0.25) is 0 Å². The quantitative estimate of drug-likeness (QED) is 0.657. The molecule has 2 N–H and O–H groups in total. The third-order valence-corrected chi connectivity index (χ3v) is 3.40. The van der Waals surface area contributed by atoms with Gasteiger partial charge in [-0.25, -0.2) is 4.39 Å². The van der Waals surface area contributed by atoms with E-state index in [9.17, 15) is 4.39 Å². The number of hydrogen-bond donors (Lipinski definition) is 1. The molecule has 3 heteroatoms. The van der Waals surface area contributed by atoms with Crippen LogP contribution in [-0.2, 0) is 0 Å². The summed E-state index contributed by atoms with van der Waals surface area (Å²) in [7, 11) is 0. The van der Waals surface area contributed by atoms with E-state index in [4.69, 9.17) is 5.73 Å². The normalized spacial score (nSPS) is 10.9. The van der Waals surface area contributed by atoms with E-state index in [2.05, 4.69) is 0 Å². The number of thioether (sulfide) groups is 1. The largest absolute Gasteiger partial charge is 0.399 e. The van der Waals surface area contributed by atoms with Crippen LogP contribution in [0.4, 0.5) is 10.1 Å². The summed E-state index contributed by atoms with van der Waals surface area (Å²) in [6.45, 7) is 0. The maximum absolute atomic E-state index is 13.5. The van der Waals surface area contributed by atoms with E-state index < -0.39 is 0 Å².